The maximum atomic E-state index is 10.9. The number of nitrogens with one attached hydrogen (secondary N) is 1. The van der Waals surface area contributed by atoms with Gasteiger partial charge in [0.05, 0.1) is 0 Å². The van der Waals surface area contributed by atoms with Crippen molar-refractivity contribution >= 4 is 5.91 Å². The lowest BCUT2D eigenvalue weighted by Crippen LogP contribution is -2.48. The Kier molecular flexibility index (Phi) is 3.05. The first-order valence-corrected chi connectivity index (χ1v) is 4.22. The molecule has 0 aliphatic heterocycles. The van der Waals surface area contributed by atoms with Gasteiger partial charge >= 0.3 is 0 Å². The van der Waals surface area contributed by atoms with E-state index >= 15 is 0 Å². The molecule has 0 aromatic heterocycles. The molecule has 0 spiro atoms. The summed E-state index contributed by atoms with van der Waals surface area (Å²) in [5.41, 5.74) is 0. The summed E-state index contributed by atoms with van der Waals surface area (Å²) >= 11 is 0. The van der Waals surface area contributed by atoms with Crippen molar-refractivity contribution in [2.75, 3.05) is 6.61 Å². The molecule has 0 unspecified atom stereocenters. The second-order valence-corrected chi connectivity index (χ2v) is 3.40. The summed E-state index contributed by atoms with van der Waals surface area (Å²) in [4.78, 5) is 10.9. The first-order valence-electron chi connectivity index (χ1n) is 4.22. The SMILES string of the molecule is C[C@H](O)C(=O)NC1CC(CO)C1. The van der Waals surface area contributed by atoms with E-state index in [0.717, 1.165) is 12.8 Å². The molecular formula is C8H15NO3. The van der Waals surface area contributed by atoms with Gasteiger partial charge in [0, 0.05) is 12.6 Å². The van der Waals surface area contributed by atoms with Crippen molar-refractivity contribution in [1.82, 2.24) is 5.32 Å². The zero-order valence-electron chi connectivity index (χ0n) is 7.16. The summed E-state index contributed by atoms with van der Waals surface area (Å²) in [5.74, 6) is 0.0145. The van der Waals surface area contributed by atoms with Gasteiger partial charge in [0.2, 0.25) is 5.91 Å². The Bertz CT molecular complexity index is 164. The van der Waals surface area contributed by atoms with Crippen LogP contribution in [-0.2, 0) is 4.79 Å². The number of rotatable bonds is 3. The van der Waals surface area contributed by atoms with Gasteiger partial charge in [0.25, 0.3) is 0 Å². The van der Waals surface area contributed by atoms with Gasteiger partial charge in [-0.05, 0) is 25.7 Å². The molecule has 12 heavy (non-hydrogen) atoms. The highest BCUT2D eigenvalue weighted by molar-refractivity contribution is 5.80. The number of hydrogen-bond donors (Lipinski definition) is 3. The van der Waals surface area contributed by atoms with Gasteiger partial charge in [0.1, 0.15) is 6.10 Å². The van der Waals surface area contributed by atoms with Crippen LogP contribution in [-0.4, -0.2) is 34.9 Å². The Balaban J connectivity index is 2.14. The molecule has 3 N–H and O–H groups in total. The van der Waals surface area contributed by atoms with Crippen LogP contribution >= 0.6 is 0 Å². The van der Waals surface area contributed by atoms with Crippen LogP contribution in [0, 0.1) is 5.92 Å². The summed E-state index contributed by atoms with van der Waals surface area (Å²) < 4.78 is 0. The van der Waals surface area contributed by atoms with E-state index in [1.165, 1.54) is 6.92 Å². The number of carbonyl (C=O) groups is 1. The monoisotopic (exact) mass is 173 g/mol. The minimum absolute atomic E-state index is 0.157. The van der Waals surface area contributed by atoms with Crippen LogP contribution in [0.3, 0.4) is 0 Å². The number of amides is 1. The number of carbonyl (C=O) groups excluding carboxylic acids is 1. The van der Waals surface area contributed by atoms with Crippen molar-refractivity contribution in [3.05, 3.63) is 0 Å². The molecule has 1 fully saturated rings. The van der Waals surface area contributed by atoms with Crippen LogP contribution in [0.1, 0.15) is 19.8 Å². The molecule has 4 heteroatoms. The minimum atomic E-state index is -0.932. The van der Waals surface area contributed by atoms with E-state index in [1.54, 1.807) is 0 Å². The molecular weight excluding hydrogens is 158 g/mol. The second-order valence-electron chi connectivity index (χ2n) is 3.40. The lowest BCUT2D eigenvalue weighted by molar-refractivity contribution is -0.130. The zero-order chi connectivity index (χ0) is 9.14. The molecule has 0 bridgehead atoms. The summed E-state index contributed by atoms with van der Waals surface area (Å²) in [6, 6.07) is 0.157. The first kappa shape index (κ1) is 9.48. The smallest absolute Gasteiger partial charge is 0.248 e. The molecule has 0 aromatic rings. The number of hydrogen-bond acceptors (Lipinski definition) is 3. The molecule has 1 rings (SSSR count). The van der Waals surface area contributed by atoms with Crippen LogP contribution in [0.25, 0.3) is 0 Å². The fourth-order valence-electron chi connectivity index (χ4n) is 1.32. The maximum Gasteiger partial charge on any atom is 0.248 e. The van der Waals surface area contributed by atoms with Gasteiger partial charge < -0.3 is 15.5 Å². The number of aliphatic hydroxyl groups is 2. The topological polar surface area (TPSA) is 69.6 Å². The predicted octanol–water partition coefficient (Wildman–Crippen LogP) is -0.746. The molecule has 1 aliphatic rings. The summed E-state index contributed by atoms with van der Waals surface area (Å²) in [6.45, 7) is 1.64. The normalized spacial score (nSPS) is 30.6. The van der Waals surface area contributed by atoms with Gasteiger partial charge in [-0.15, -0.1) is 0 Å². The van der Waals surface area contributed by atoms with Crippen LogP contribution in [0.4, 0.5) is 0 Å². The fourth-order valence-corrected chi connectivity index (χ4v) is 1.32. The van der Waals surface area contributed by atoms with Crippen molar-refractivity contribution in [1.29, 1.82) is 0 Å². The molecule has 0 aromatic carbocycles. The second kappa shape index (κ2) is 3.87. The van der Waals surface area contributed by atoms with Gasteiger partial charge in [-0.2, -0.15) is 0 Å². The molecule has 1 amide bonds. The Hall–Kier alpha value is -0.610. The van der Waals surface area contributed by atoms with Gasteiger partial charge in [-0.25, -0.2) is 0 Å². The van der Waals surface area contributed by atoms with Crippen molar-refractivity contribution in [2.45, 2.75) is 31.9 Å². The largest absolute Gasteiger partial charge is 0.396 e. The molecule has 4 nitrogen and oxygen atoms in total. The molecule has 1 aliphatic carbocycles. The minimum Gasteiger partial charge on any atom is -0.396 e. The Morgan fingerprint density at radius 2 is 2.25 bits per heavy atom. The first-order chi connectivity index (χ1) is 5.63. The summed E-state index contributed by atoms with van der Waals surface area (Å²) in [7, 11) is 0. The third-order valence-corrected chi connectivity index (χ3v) is 2.22. The van der Waals surface area contributed by atoms with E-state index in [2.05, 4.69) is 5.32 Å². The van der Waals surface area contributed by atoms with Crippen LogP contribution in [0.15, 0.2) is 0 Å². The van der Waals surface area contributed by atoms with Gasteiger partial charge in [0.15, 0.2) is 0 Å². The molecule has 0 saturated heterocycles. The van der Waals surface area contributed by atoms with E-state index in [1.807, 2.05) is 0 Å². The van der Waals surface area contributed by atoms with Crippen LogP contribution in [0.2, 0.25) is 0 Å². The molecule has 1 atom stereocenters. The molecule has 70 valence electrons. The highest BCUT2D eigenvalue weighted by Gasteiger charge is 2.30. The van der Waals surface area contributed by atoms with Gasteiger partial charge in [-0.1, -0.05) is 0 Å². The zero-order valence-corrected chi connectivity index (χ0v) is 7.16. The average Bonchev–Trinajstić information content (AvgIpc) is 1.94. The third-order valence-electron chi connectivity index (χ3n) is 2.22. The van der Waals surface area contributed by atoms with Crippen molar-refractivity contribution in [3.8, 4) is 0 Å². The summed E-state index contributed by atoms with van der Waals surface area (Å²) in [5, 5.41) is 20.2. The Labute approximate surface area is 71.6 Å². The van der Waals surface area contributed by atoms with Crippen LogP contribution in [0.5, 0.6) is 0 Å². The van der Waals surface area contributed by atoms with E-state index < -0.39 is 6.10 Å². The highest BCUT2D eigenvalue weighted by Crippen LogP contribution is 2.26. The Morgan fingerprint density at radius 1 is 1.67 bits per heavy atom. The lowest BCUT2D eigenvalue weighted by Gasteiger charge is -2.34. The van der Waals surface area contributed by atoms with E-state index in [9.17, 15) is 4.79 Å². The van der Waals surface area contributed by atoms with Crippen molar-refractivity contribution in [2.24, 2.45) is 5.92 Å². The average molecular weight is 173 g/mol. The molecule has 0 heterocycles. The fraction of sp³-hybridized carbons (Fsp3) is 0.875. The molecule has 0 radical (unpaired) electrons. The lowest BCUT2D eigenvalue weighted by atomic mass is 9.81. The standard InChI is InChI=1S/C8H15NO3/c1-5(11)8(12)9-7-2-6(3-7)4-10/h5-7,10-11H,2-4H2,1H3,(H,9,12)/t5-,6?,7?/m0/s1. The molecule has 1 saturated carbocycles. The highest BCUT2D eigenvalue weighted by atomic mass is 16.3. The maximum absolute atomic E-state index is 10.9. The van der Waals surface area contributed by atoms with Crippen molar-refractivity contribution in [3.63, 3.8) is 0 Å². The van der Waals surface area contributed by atoms with Crippen LogP contribution < -0.4 is 5.32 Å². The third kappa shape index (κ3) is 2.19. The van der Waals surface area contributed by atoms with E-state index in [4.69, 9.17) is 10.2 Å². The number of aliphatic hydroxyl groups excluding tert-OH is 2. The summed E-state index contributed by atoms with van der Waals surface area (Å²) in [6.07, 6.45) is 0.724. The predicted molar refractivity (Wildman–Crippen MR) is 43.4 cm³/mol. The van der Waals surface area contributed by atoms with E-state index in [0.29, 0.717) is 5.92 Å². The Morgan fingerprint density at radius 3 is 2.67 bits per heavy atom. The van der Waals surface area contributed by atoms with E-state index in [-0.39, 0.29) is 18.6 Å². The van der Waals surface area contributed by atoms with Crippen molar-refractivity contribution < 1.29 is 15.0 Å². The van der Waals surface area contributed by atoms with Gasteiger partial charge in [-0.3, -0.25) is 4.79 Å². The quantitative estimate of drug-likeness (QED) is 0.526.